The Labute approximate surface area is 111 Å². The molecule has 2 heterocycles. The molecule has 0 amide bonds. The first kappa shape index (κ1) is 12.0. The predicted octanol–water partition coefficient (Wildman–Crippen LogP) is 2.05. The number of hydrogen-bond acceptors (Lipinski definition) is 5. The van der Waals surface area contributed by atoms with Crippen LogP contribution in [0.2, 0.25) is 0 Å². The van der Waals surface area contributed by atoms with Crippen molar-refractivity contribution >= 4 is 23.1 Å². The van der Waals surface area contributed by atoms with Crippen LogP contribution < -0.4 is 0 Å². The van der Waals surface area contributed by atoms with Gasteiger partial charge in [0.25, 0.3) is 0 Å². The van der Waals surface area contributed by atoms with Crippen molar-refractivity contribution in [2.45, 2.75) is 29.6 Å². The van der Waals surface area contributed by atoms with Gasteiger partial charge in [0, 0.05) is 24.0 Å². The number of morpholine rings is 1. The maximum Gasteiger partial charge on any atom is 0.150 e. The zero-order valence-corrected chi connectivity index (χ0v) is 11.8. The molecule has 1 aliphatic heterocycles. The molecule has 94 valence electrons. The largest absolute Gasteiger partial charge is 0.379 e. The van der Waals surface area contributed by atoms with Crippen molar-refractivity contribution in [3.05, 3.63) is 10.6 Å². The average Bonchev–Trinajstić information content (AvgIpc) is 2.81. The van der Waals surface area contributed by atoms with Crippen molar-refractivity contribution in [3.8, 4) is 0 Å². The summed E-state index contributed by atoms with van der Waals surface area (Å²) in [5.41, 5.74) is 1.36. The van der Waals surface area contributed by atoms with E-state index in [1.165, 1.54) is 27.8 Å². The lowest BCUT2D eigenvalue weighted by Gasteiger charge is -2.36. The van der Waals surface area contributed by atoms with Gasteiger partial charge in [0.05, 0.1) is 18.9 Å². The van der Waals surface area contributed by atoms with Gasteiger partial charge in [-0.3, -0.25) is 4.90 Å². The monoisotopic (exact) mass is 270 g/mol. The van der Waals surface area contributed by atoms with E-state index in [-0.39, 0.29) is 0 Å². The van der Waals surface area contributed by atoms with Crippen LogP contribution in [0.15, 0.2) is 4.34 Å². The fourth-order valence-electron chi connectivity index (χ4n) is 2.68. The van der Waals surface area contributed by atoms with E-state index in [0.717, 1.165) is 38.8 Å². The normalized spacial score (nSPS) is 25.8. The topological polar surface area (TPSA) is 25.4 Å². The van der Waals surface area contributed by atoms with Crippen molar-refractivity contribution in [1.29, 1.82) is 0 Å². The first-order valence-corrected chi connectivity index (χ1v) is 8.25. The van der Waals surface area contributed by atoms with Gasteiger partial charge in [0.15, 0.2) is 0 Å². The molecule has 3 nitrogen and oxygen atoms in total. The highest BCUT2D eigenvalue weighted by Gasteiger charge is 2.27. The summed E-state index contributed by atoms with van der Waals surface area (Å²) in [4.78, 5) is 8.81. The number of fused-ring (bicyclic) bond motifs is 1. The summed E-state index contributed by atoms with van der Waals surface area (Å²) in [5, 5.41) is 0. The molecule has 0 bridgehead atoms. The molecule has 2 aliphatic rings. The molecule has 5 heteroatoms. The average molecular weight is 270 g/mol. The summed E-state index contributed by atoms with van der Waals surface area (Å²) >= 11 is 3.67. The Balaban J connectivity index is 1.70. The van der Waals surface area contributed by atoms with Gasteiger partial charge in [-0.15, -0.1) is 11.3 Å². The van der Waals surface area contributed by atoms with Crippen LogP contribution in [0.5, 0.6) is 0 Å². The number of ether oxygens (including phenoxy) is 1. The highest BCUT2D eigenvalue weighted by Crippen LogP contribution is 2.32. The summed E-state index contributed by atoms with van der Waals surface area (Å²) in [5.74, 6) is 0. The Hall–Kier alpha value is -0.100. The molecule has 1 aliphatic carbocycles. The molecule has 1 saturated heterocycles. The van der Waals surface area contributed by atoms with Gasteiger partial charge < -0.3 is 4.74 Å². The smallest absolute Gasteiger partial charge is 0.150 e. The van der Waals surface area contributed by atoms with Crippen LogP contribution in [-0.4, -0.2) is 48.5 Å². The number of aromatic nitrogens is 1. The minimum atomic E-state index is 0.724. The van der Waals surface area contributed by atoms with Crippen LogP contribution in [0.25, 0.3) is 0 Å². The number of thiazole rings is 1. The fraction of sp³-hybridized carbons (Fsp3) is 0.750. The lowest BCUT2D eigenvalue weighted by molar-refractivity contribution is 0.0138. The quantitative estimate of drug-likeness (QED) is 0.768. The van der Waals surface area contributed by atoms with Crippen molar-refractivity contribution in [2.75, 3.05) is 32.6 Å². The lowest BCUT2D eigenvalue weighted by Crippen LogP contribution is -2.45. The summed E-state index contributed by atoms with van der Waals surface area (Å²) in [6, 6.07) is 0.724. The summed E-state index contributed by atoms with van der Waals surface area (Å²) in [7, 11) is 0. The zero-order chi connectivity index (χ0) is 11.7. The maximum absolute atomic E-state index is 5.43. The van der Waals surface area contributed by atoms with E-state index in [1.807, 2.05) is 11.3 Å². The summed E-state index contributed by atoms with van der Waals surface area (Å²) < 4.78 is 6.66. The third kappa shape index (κ3) is 2.52. The van der Waals surface area contributed by atoms with E-state index < -0.39 is 0 Å². The Morgan fingerprint density at radius 3 is 3.00 bits per heavy atom. The molecule has 0 aromatic carbocycles. The second-order valence-corrected chi connectivity index (χ2v) is 6.74. The minimum Gasteiger partial charge on any atom is -0.379 e. The minimum absolute atomic E-state index is 0.724. The second kappa shape index (κ2) is 5.26. The van der Waals surface area contributed by atoms with Crippen LogP contribution >= 0.6 is 23.1 Å². The van der Waals surface area contributed by atoms with Crippen molar-refractivity contribution < 1.29 is 4.74 Å². The standard InChI is InChI=1S/C12H18N2OS2/c1-16-12-13-10-3-2-9(8-11(10)17-12)14-4-6-15-7-5-14/h9H,2-8H2,1H3. The first-order chi connectivity index (χ1) is 8.36. The van der Waals surface area contributed by atoms with Crippen molar-refractivity contribution in [2.24, 2.45) is 0 Å². The molecule has 0 radical (unpaired) electrons. The molecule has 0 saturated carbocycles. The van der Waals surface area contributed by atoms with Crippen LogP contribution in [0.1, 0.15) is 17.0 Å². The Kier molecular flexibility index (Phi) is 3.70. The number of nitrogens with zero attached hydrogens (tertiary/aromatic N) is 2. The Morgan fingerprint density at radius 1 is 1.41 bits per heavy atom. The molecular weight excluding hydrogens is 252 g/mol. The van der Waals surface area contributed by atoms with Crippen LogP contribution in [0.4, 0.5) is 0 Å². The molecule has 0 spiro atoms. The molecule has 1 fully saturated rings. The van der Waals surface area contributed by atoms with Gasteiger partial charge in [-0.05, 0) is 25.5 Å². The van der Waals surface area contributed by atoms with Crippen LogP contribution in [-0.2, 0) is 17.6 Å². The molecule has 1 unspecified atom stereocenters. The van der Waals surface area contributed by atoms with Gasteiger partial charge in [-0.2, -0.15) is 0 Å². The van der Waals surface area contributed by atoms with E-state index in [0.29, 0.717) is 0 Å². The zero-order valence-electron chi connectivity index (χ0n) is 10.1. The summed E-state index contributed by atoms with van der Waals surface area (Å²) in [6.45, 7) is 4.02. The number of hydrogen-bond donors (Lipinski definition) is 0. The highest BCUT2D eigenvalue weighted by molar-refractivity contribution is 8.00. The van der Waals surface area contributed by atoms with Gasteiger partial charge in [-0.1, -0.05) is 11.8 Å². The Morgan fingerprint density at radius 2 is 2.24 bits per heavy atom. The van der Waals surface area contributed by atoms with E-state index in [9.17, 15) is 0 Å². The van der Waals surface area contributed by atoms with E-state index in [4.69, 9.17) is 4.74 Å². The first-order valence-electron chi connectivity index (χ1n) is 6.21. The van der Waals surface area contributed by atoms with E-state index >= 15 is 0 Å². The van der Waals surface area contributed by atoms with Gasteiger partial charge in [0.1, 0.15) is 4.34 Å². The molecule has 1 aromatic heterocycles. The number of thioether (sulfide) groups is 1. The van der Waals surface area contributed by atoms with Crippen LogP contribution in [0.3, 0.4) is 0 Å². The SMILES string of the molecule is CSc1nc2c(s1)CC(N1CCOCC1)CC2. The van der Waals surface area contributed by atoms with Gasteiger partial charge in [-0.25, -0.2) is 4.98 Å². The molecule has 1 aromatic rings. The second-order valence-electron chi connectivity index (χ2n) is 4.60. The van der Waals surface area contributed by atoms with Crippen molar-refractivity contribution in [1.82, 2.24) is 9.88 Å². The molecule has 3 rings (SSSR count). The fourth-order valence-corrected chi connectivity index (χ4v) is 4.42. The maximum atomic E-state index is 5.43. The molecule has 17 heavy (non-hydrogen) atoms. The van der Waals surface area contributed by atoms with E-state index in [2.05, 4.69) is 16.1 Å². The van der Waals surface area contributed by atoms with E-state index in [1.54, 1.807) is 11.8 Å². The molecule has 0 N–H and O–H groups in total. The Bertz CT molecular complexity index is 388. The summed E-state index contributed by atoms with van der Waals surface area (Å²) in [6.07, 6.45) is 5.75. The van der Waals surface area contributed by atoms with Gasteiger partial charge in [0.2, 0.25) is 0 Å². The van der Waals surface area contributed by atoms with Crippen molar-refractivity contribution in [3.63, 3.8) is 0 Å². The number of rotatable bonds is 2. The third-order valence-electron chi connectivity index (χ3n) is 3.63. The van der Waals surface area contributed by atoms with Gasteiger partial charge >= 0.3 is 0 Å². The predicted molar refractivity (Wildman–Crippen MR) is 72.1 cm³/mol. The molecule has 1 atom stereocenters. The number of aryl methyl sites for hydroxylation is 1. The lowest BCUT2D eigenvalue weighted by atomic mass is 9.96. The van der Waals surface area contributed by atoms with Crippen LogP contribution in [0, 0.1) is 0 Å². The highest BCUT2D eigenvalue weighted by atomic mass is 32.2. The molecular formula is C12H18N2OS2. The third-order valence-corrected chi connectivity index (χ3v) is 5.74.